The molecule has 0 amide bonds. The fourth-order valence-electron chi connectivity index (χ4n) is 1.23. The van der Waals surface area contributed by atoms with Gasteiger partial charge in [-0.25, -0.2) is 9.59 Å². The summed E-state index contributed by atoms with van der Waals surface area (Å²) < 4.78 is 9.25. The number of nitrogens with one attached hydrogen (secondary N) is 1. The zero-order valence-electron chi connectivity index (χ0n) is 9.47. The molecule has 1 aromatic rings. The summed E-state index contributed by atoms with van der Waals surface area (Å²) in [7, 11) is 1.25. The van der Waals surface area contributed by atoms with Crippen molar-refractivity contribution in [1.82, 2.24) is 5.32 Å². The van der Waals surface area contributed by atoms with Gasteiger partial charge in [-0.2, -0.15) is 0 Å². The van der Waals surface area contributed by atoms with Gasteiger partial charge in [0.05, 0.1) is 19.6 Å². The highest BCUT2D eigenvalue weighted by Gasteiger charge is 2.20. The van der Waals surface area contributed by atoms with Crippen molar-refractivity contribution < 1.29 is 23.8 Å². The maximum atomic E-state index is 11.0. The van der Waals surface area contributed by atoms with E-state index in [9.17, 15) is 9.59 Å². The molecule has 2 N–H and O–H groups in total. The van der Waals surface area contributed by atoms with Crippen LogP contribution in [0.2, 0.25) is 0 Å². The van der Waals surface area contributed by atoms with Crippen LogP contribution in [0.25, 0.3) is 0 Å². The predicted octanol–water partition coefficient (Wildman–Crippen LogP) is 1.07. The standard InChI is InChI=1S/C11H13NO5/c1-7(5-9(13)16-2)12-10(11(14)15)8-3-4-17-6-8/h3-6,10,12H,1-2H3,(H,14,15). The number of rotatable bonds is 5. The third-order valence-corrected chi connectivity index (χ3v) is 2.03. The van der Waals surface area contributed by atoms with E-state index in [1.807, 2.05) is 0 Å². The van der Waals surface area contributed by atoms with Crippen molar-refractivity contribution in [3.63, 3.8) is 0 Å². The molecule has 92 valence electrons. The third kappa shape index (κ3) is 3.67. The smallest absolute Gasteiger partial charge is 0.332 e. The first-order chi connectivity index (χ1) is 8.04. The van der Waals surface area contributed by atoms with Crippen LogP contribution in [0.5, 0.6) is 0 Å². The van der Waals surface area contributed by atoms with Gasteiger partial charge in [0, 0.05) is 17.3 Å². The Labute approximate surface area is 97.9 Å². The summed E-state index contributed by atoms with van der Waals surface area (Å²) in [6, 6.07) is 0.576. The number of aliphatic carboxylic acids is 1. The van der Waals surface area contributed by atoms with Gasteiger partial charge in [-0.05, 0) is 13.0 Å². The molecule has 0 saturated heterocycles. The SMILES string of the molecule is COC(=O)C=C(C)NC(C(=O)O)c1ccoc1. The molecule has 17 heavy (non-hydrogen) atoms. The Balaban J connectivity index is 2.79. The average Bonchev–Trinajstić information content (AvgIpc) is 2.78. The van der Waals surface area contributed by atoms with Gasteiger partial charge in [-0.15, -0.1) is 0 Å². The van der Waals surface area contributed by atoms with Gasteiger partial charge in [0.15, 0.2) is 6.04 Å². The first kappa shape index (κ1) is 12.8. The van der Waals surface area contributed by atoms with E-state index in [0.717, 1.165) is 0 Å². The van der Waals surface area contributed by atoms with E-state index in [2.05, 4.69) is 10.1 Å². The number of carbonyl (C=O) groups is 2. The van der Waals surface area contributed by atoms with E-state index in [4.69, 9.17) is 9.52 Å². The molecule has 0 aliphatic carbocycles. The maximum Gasteiger partial charge on any atom is 0.332 e. The number of hydrogen-bond donors (Lipinski definition) is 2. The van der Waals surface area contributed by atoms with Gasteiger partial charge in [0.2, 0.25) is 0 Å². The van der Waals surface area contributed by atoms with Crippen LogP contribution >= 0.6 is 0 Å². The first-order valence-corrected chi connectivity index (χ1v) is 4.82. The zero-order valence-corrected chi connectivity index (χ0v) is 9.47. The summed E-state index contributed by atoms with van der Waals surface area (Å²) in [6.45, 7) is 1.58. The summed E-state index contributed by atoms with van der Waals surface area (Å²) in [5, 5.41) is 11.7. The Kier molecular flexibility index (Phi) is 4.33. The van der Waals surface area contributed by atoms with Crippen molar-refractivity contribution in [2.75, 3.05) is 7.11 Å². The second-order valence-corrected chi connectivity index (χ2v) is 3.32. The van der Waals surface area contributed by atoms with E-state index < -0.39 is 18.0 Å². The van der Waals surface area contributed by atoms with E-state index in [-0.39, 0.29) is 0 Å². The quantitative estimate of drug-likeness (QED) is 0.590. The zero-order chi connectivity index (χ0) is 12.8. The van der Waals surface area contributed by atoms with Crippen LogP contribution in [0.3, 0.4) is 0 Å². The largest absolute Gasteiger partial charge is 0.479 e. The van der Waals surface area contributed by atoms with Crippen LogP contribution in [-0.2, 0) is 14.3 Å². The van der Waals surface area contributed by atoms with Crippen LogP contribution in [-0.4, -0.2) is 24.2 Å². The van der Waals surface area contributed by atoms with Crippen LogP contribution in [0.4, 0.5) is 0 Å². The molecule has 6 heteroatoms. The number of furan rings is 1. The average molecular weight is 239 g/mol. The molecule has 0 radical (unpaired) electrons. The highest BCUT2D eigenvalue weighted by atomic mass is 16.5. The number of methoxy groups -OCH3 is 1. The molecule has 1 rings (SSSR count). The summed E-state index contributed by atoms with van der Waals surface area (Å²) in [5.41, 5.74) is 0.862. The van der Waals surface area contributed by atoms with Crippen molar-refractivity contribution >= 4 is 11.9 Å². The van der Waals surface area contributed by atoms with Gasteiger partial charge < -0.3 is 19.6 Å². The van der Waals surface area contributed by atoms with Gasteiger partial charge in [0.25, 0.3) is 0 Å². The van der Waals surface area contributed by atoms with Gasteiger partial charge >= 0.3 is 11.9 Å². The molecular formula is C11H13NO5. The fraction of sp³-hybridized carbons (Fsp3) is 0.273. The van der Waals surface area contributed by atoms with Crippen LogP contribution in [0.1, 0.15) is 18.5 Å². The molecule has 1 aromatic heterocycles. The van der Waals surface area contributed by atoms with E-state index in [0.29, 0.717) is 11.3 Å². The lowest BCUT2D eigenvalue weighted by molar-refractivity contribution is -0.139. The lowest BCUT2D eigenvalue weighted by Gasteiger charge is -2.14. The highest BCUT2D eigenvalue weighted by Crippen LogP contribution is 2.15. The lowest BCUT2D eigenvalue weighted by Crippen LogP contribution is -2.27. The Bertz CT molecular complexity index is 421. The molecule has 1 unspecified atom stereocenters. The van der Waals surface area contributed by atoms with Crippen LogP contribution < -0.4 is 5.32 Å². The molecule has 0 aromatic carbocycles. The minimum atomic E-state index is -1.07. The molecular weight excluding hydrogens is 226 g/mol. The summed E-state index contributed by atoms with van der Waals surface area (Å²) >= 11 is 0. The van der Waals surface area contributed by atoms with Crippen molar-refractivity contribution in [3.05, 3.63) is 35.9 Å². The Morgan fingerprint density at radius 2 is 2.29 bits per heavy atom. The Morgan fingerprint density at radius 1 is 1.59 bits per heavy atom. The number of esters is 1. The molecule has 6 nitrogen and oxygen atoms in total. The second kappa shape index (κ2) is 5.74. The van der Waals surface area contributed by atoms with E-state index >= 15 is 0 Å². The maximum absolute atomic E-state index is 11.0. The first-order valence-electron chi connectivity index (χ1n) is 4.82. The van der Waals surface area contributed by atoms with E-state index in [1.165, 1.54) is 31.8 Å². The number of hydrogen-bond acceptors (Lipinski definition) is 5. The highest BCUT2D eigenvalue weighted by molar-refractivity contribution is 5.83. The number of carbonyl (C=O) groups excluding carboxylic acids is 1. The van der Waals surface area contributed by atoms with Crippen molar-refractivity contribution in [1.29, 1.82) is 0 Å². The van der Waals surface area contributed by atoms with Crippen molar-refractivity contribution in [2.45, 2.75) is 13.0 Å². The monoisotopic (exact) mass is 239 g/mol. The molecule has 0 spiro atoms. The molecule has 1 heterocycles. The Hall–Kier alpha value is -2.24. The van der Waals surface area contributed by atoms with Crippen molar-refractivity contribution in [2.24, 2.45) is 0 Å². The van der Waals surface area contributed by atoms with Crippen LogP contribution in [0.15, 0.2) is 34.8 Å². The molecule has 0 aliphatic heterocycles. The van der Waals surface area contributed by atoms with Gasteiger partial charge in [-0.1, -0.05) is 0 Å². The van der Waals surface area contributed by atoms with Crippen molar-refractivity contribution in [3.8, 4) is 0 Å². The molecule has 0 bridgehead atoms. The number of ether oxygens (including phenoxy) is 1. The third-order valence-electron chi connectivity index (χ3n) is 2.03. The van der Waals surface area contributed by atoms with E-state index in [1.54, 1.807) is 6.92 Å². The molecule has 0 aliphatic rings. The predicted molar refractivity (Wildman–Crippen MR) is 58.0 cm³/mol. The summed E-state index contributed by atoms with van der Waals surface area (Å²) in [5.74, 6) is -1.62. The number of allylic oxidation sites excluding steroid dienone is 1. The lowest BCUT2D eigenvalue weighted by atomic mass is 10.1. The van der Waals surface area contributed by atoms with Gasteiger partial charge in [0.1, 0.15) is 0 Å². The minimum Gasteiger partial charge on any atom is -0.479 e. The molecule has 1 atom stereocenters. The molecule has 0 saturated carbocycles. The number of carboxylic acid groups (broad SMARTS) is 1. The summed E-state index contributed by atoms with van der Waals surface area (Å²) in [4.78, 5) is 22.0. The second-order valence-electron chi connectivity index (χ2n) is 3.32. The topological polar surface area (TPSA) is 88.8 Å². The summed E-state index contributed by atoms with van der Waals surface area (Å²) in [6.07, 6.45) is 3.89. The van der Waals surface area contributed by atoms with Gasteiger partial charge in [-0.3, -0.25) is 0 Å². The normalized spacial score (nSPS) is 12.9. The Morgan fingerprint density at radius 3 is 2.76 bits per heavy atom. The van der Waals surface area contributed by atoms with Crippen LogP contribution in [0, 0.1) is 0 Å². The minimum absolute atomic E-state index is 0.394. The fourth-order valence-corrected chi connectivity index (χ4v) is 1.23. The number of carboxylic acids is 1. The molecule has 0 fully saturated rings.